The first kappa shape index (κ1) is 9.77. The highest BCUT2D eigenvalue weighted by atomic mass is 16.5. The fraction of sp³-hybridized carbons (Fsp3) is 0.250. The van der Waals surface area contributed by atoms with E-state index in [1.165, 1.54) is 0 Å². The van der Waals surface area contributed by atoms with Gasteiger partial charge in [0.05, 0.1) is 12.8 Å². The highest BCUT2D eigenvalue weighted by molar-refractivity contribution is 5.85. The molecule has 0 saturated carbocycles. The lowest BCUT2D eigenvalue weighted by molar-refractivity contribution is 0.418. The molecule has 2 aromatic rings. The van der Waals surface area contributed by atoms with Gasteiger partial charge in [-0.2, -0.15) is 0 Å². The highest BCUT2D eigenvalue weighted by Crippen LogP contribution is 2.28. The molecule has 1 aromatic carbocycles. The van der Waals surface area contributed by atoms with Crippen molar-refractivity contribution >= 4 is 10.9 Å². The van der Waals surface area contributed by atoms with Gasteiger partial charge in [0.1, 0.15) is 17.0 Å². The van der Waals surface area contributed by atoms with Crippen molar-refractivity contribution in [3.05, 3.63) is 30.0 Å². The number of benzene rings is 1. The molecule has 0 aliphatic carbocycles. The van der Waals surface area contributed by atoms with E-state index in [2.05, 4.69) is 4.98 Å². The molecule has 0 aliphatic rings. The largest absolute Gasteiger partial charge is 0.506 e. The summed E-state index contributed by atoms with van der Waals surface area (Å²) in [5.41, 5.74) is 1.50. The summed E-state index contributed by atoms with van der Waals surface area (Å²) in [5, 5.41) is 10.6. The number of methoxy groups -OCH3 is 1. The molecule has 0 fully saturated rings. The summed E-state index contributed by atoms with van der Waals surface area (Å²) < 4.78 is 5.22. The van der Waals surface area contributed by atoms with Gasteiger partial charge in [0.25, 0.3) is 0 Å². The summed E-state index contributed by atoms with van der Waals surface area (Å²) >= 11 is 0. The monoisotopic (exact) mass is 203 g/mol. The van der Waals surface area contributed by atoms with Gasteiger partial charge in [-0.25, -0.2) is 4.98 Å². The second-order valence-corrected chi connectivity index (χ2v) is 3.34. The van der Waals surface area contributed by atoms with E-state index in [-0.39, 0.29) is 5.75 Å². The number of para-hydroxylation sites is 1. The Kier molecular flexibility index (Phi) is 2.46. The summed E-state index contributed by atoms with van der Waals surface area (Å²) in [6.07, 6.45) is 0.708. The molecular weight excluding hydrogens is 190 g/mol. The minimum Gasteiger partial charge on any atom is -0.506 e. The van der Waals surface area contributed by atoms with Gasteiger partial charge >= 0.3 is 0 Å². The molecule has 0 unspecified atom stereocenters. The predicted molar refractivity (Wildman–Crippen MR) is 59.3 cm³/mol. The molecule has 3 nitrogen and oxygen atoms in total. The Morgan fingerprint density at radius 1 is 1.40 bits per heavy atom. The Morgan fingerprint density at radius 2 is 2.20 bits per heavy atom. The van der Waals surface area contributed by atoms with Gasteiger partial charge in [-0.05, 0) is 18.6 Å². The lowest BCUT2D eigenvalue weighted by Crippen LogP contribution is -1.92. The first-order valence-electron chi connectivity index (χ1n) is 4.92. The van der Waals surface area contributed by atoms with Crippen LogP contribution in [0.5, 0.6) is 11.5 Å². The zero-order valence-electron chi connectivity index (χ0n) is 8.82. The van der Waals surface area contributed by atoms with Crippen LogP contribution in [0, 0.1) is 0 Å². The van der Waals surface area contributed by atoms with Crippen LogP contribution in [-0.4, -0.2) is 17.2 Å². The van der Waals surface area contributed by atoms with Crippen molar-refractivity contribution in [3.8, 4) is 11.5 Å². The molecule has 1 aromatic heterocycles. The van der Waals surface area contributed by atoms with Crippen LogP contribution >= 0.6 is 0 Å². The van der Waals surface area contributed by atoms with Crippen molar-refractivity contribution in [2.24, 2.45) is 0 Å². The first-order valence-corrected chi connectivity index (χ1v) is 4.92. The van der Waals surface area contributed by atoms with Gasteiger partial charge in [-0.3, -0.25) is 0 Å². The lowest BCUT2D eigenvalue weighted by atomic mass is 10.1. The van der Waals surface area contributed by atoms with E-state index in [4.69, 9.17) is 4.74 Å². The van der Waals surface area contributed by atoms with Crippen molar-refractivity contribution in [2.75, 3.05) is 7.11 Å². The van der Waals surface area contributed by atoms with Crippen LogP contribution < -0.4 is 4.74 Å². The third-order valence-corrected chi connectivity index (χ3v) is 2.42. The summed E-state index contributed by atoms with van der Waals surface area (Å²) in [4.78, 5) is 4.39. The number of fused-ring (bicyclic) bond motifs is 1. The normalized spacial score (nSPS) is 10.5. The van der Waals surface area contributed by atoms with Crippen molar-refractivity contribution in [1.29, 1.82) is 0 Å². The van der Waals surface area contributed by atoms with Crippen LogP contribution in [0.4, 0.5) is 0 Å². The molecule has 0 radical (unpaired) electrons. The van der Waals surface area contributed by atoms with Crippen LogP contribution in [-0.2, 0) is 6.42 Å². The number of rotatable bonds is 2. The number of hydrogen-bond acceptors (Lipinski definition) is 3. The highest BCUT2D eigenvalue weighted by Gasteiger charge is 2.07. The number of aromatic nitrogens is 1. The molecule has 78 valence electrons. The number of aromatic hydroxyl groups is 1. The van der Waals surface area contributed by atoms with E-state index >= 15 is 0 Å². The summed E-state index contributed by atoms with van der Waals surface area (Å²) in [7, 11) is 1.62. The van der Waals surface area contributed by atoms with Crippen molar-refractivity contribution in [2.45, 2.75) is 13.3 Å². The molecule has 0 bridgehead atoms. The van der Waals surface area contributed by atoms with Gasteiger partial charge in [-0.1, -0.05) is 19.1 Å². The molecule has 0 saturated heterocycles. The summed E-state index contributed by atoms with van der Waals surface area (Å²) in [6, 6.07) is 7.38. The number of nitrogens with zero attached hydrogens (tertiary/aromatic N) is 1. The molecule has 0 aliphatic heterocycles. The van der Waals surface area contributed by atoms with Gasteiger partial charge in [0, 0.05) is 5.39 Å². The quantitative estimate of drug-likeness (QED) is 0.815. The fourth-order valence-electron chi connectivity index (χ4n) is 1.62. The predicted octanol–water partition coefficient (Wildman–Crippen LogP) is 2.51. The van der Waals surface area contributed by atoms with Gasteiger partial charge < -0.3 is 9.84 Å². The van der Waals surface area contributed by atoms with Crippen LogP contribution in [0.3, 0.4) is 0 Å². The zero-order valence-corrected chi connectivity index (χ0v) is 8.82. The SMILES string of the molecule is CCc1nc2c(OC)cccc2cc1O. The molecule has 0 amide bonds. The number of pyridine rings is 1. The number of ether oxygens (including phenoxy) is 1. The van der Waals surface area contributed by atoms with Crippen LogP contribution in [0.2, 0.25) is 0 Å². The second kappa shape index (κ2) is 3.77. The summed E-state index contributed by atoms with van der Waals surface area (Å²) in [6.45, 7) is 1.96. The average molecular weight is 203 g/mol. The molecule has 2 rings (SSSR count). The maximum Gasteiger partial charge on any atom is 0.145 e. The summed E-state index contributed by atoms with van der Waals surface area (Å²) in [5.74, 6) is 0.987. The van der Waals surface area contributed by atoms with E-state index in [9.17, 15) is 5.11 Å². The fourth-order valence-corrected chi connectivity index (χ4v) is 1.62. The third-order valence-electron chi connectivity index (χ3n) is 2.42. The maximum atomic E-state index is 9.67. The van der Waals surface area contributed by atoms with E-state index < -0.39 is 0 Å². The minimum absolute atomic E-state index is 0.248. The average Bonchev–Trinajstić information content (AvgIpc) is 2.27. The Bertz CT molecular complexity index is 494. The Balaban J connectivity index is 2.76. The van der Waals surface area contributed by atoms with Crippen LogP contribution in [0.15, 0.2) is 24.3 Å². The molecular formula is C12H13NO2. The second-order valence-electron chi connectivity index (χ2n) is 3.34. The minimum atomic E-state index is 0.248. The molecule has 1 N–H and O–H groups in total. The third kappa shape index (κ3) is 1.61. The Labute approximate surface area is 88.3 Å². The Hall–Kier alpha value is -1.77. The van der Waals surface area contributed by atoms with Gasteiger partial charge in [0.2, 0.25) is 0 Å². The Morgan fingerprint density at radius 3 is 2.87 bits per heavy atom. The van der Waals surface area contributed by atoms with E-state index in [0.717, 1.165) is 16.7 Å². The van der Waals surface area contributed by atoms with E-state index in [0.29, 0.717) is 12.1 Å². The standard InChI is InChI=1S/C12H13NO2/c1-3-9-10(14)7-8-5-4-6-11(15-2)12(8)13-9/h4-7,14H,3H2,1-2H3. The first-order chi connectivity index (χ1) is 7.26. The smallest absolute Gasteiger partial charge is 0.145 e. The van der Waals surface area contributed by atoms with Crippen molar-refractivity contribution < 1.29 is 9.84 Å². The lowest BCUT2D eigenvalue weighted by Gasteiger charge is -2.07. The van der Waals surface area contributed by atoms with E-state index in [1.807, 2.05) is 25.1 Å². The molecule has 15 heavy (non-hydrogen) atoms. The van der Waals surface area contributed by atoms with E-state index in [1.54, 1.807) is 13.2 Å². The molecule has 3 heteroatoms. The zero-order chi connectivity index (χ0) is 10.8. The number of aryl methyl sites for hydroxylation is 1. The maximum absolute atomic E-state index is 9.67. The van der Waals surface area contributed by atoms with Gasteiger partial charge in [-0.15, -0.1) is 0 Å². The van der Waals surface area contributed by atoms with Crippen molar-refractivity contribution in [1.82, 2.24) is 4.98 Å². The topological polar surface area (TPSA) is 42.4 Å². The van der Waals surface area contributed by atoms with Gasteiger partial charge in [0.15, 0.2) is 0 Å². The number of hydrogen-bond donors (Lipinski definition) is 1. The molecule has 0 spiro atoms. The van der Waals surface area contributed by atoms with Crippen LogP contribution in [0.25, 0.3) is 10.9 Å². The molecule has 0 atom stereocenters. The van der Waals surface area contributed by atoms with Crippen molar-refractivity contribution in [3.63, 3.8) is 0 Å². The molecule has 1 heterocycles. The van der Waals surface area contributed by atoms with Crippen LogP contribution in [0.1, 0.15) is 12.6 Å².